The molecule has 106 valence electrons. The van der Waals surface area contributed by atoms with Crippen LogP contribution in [-0.2, 0) is 6.54 Å². The van der Waals surface area contributed by atoms with E-state index in [2.05, 4.69) is 25.5 Å². The summed E-state index contributed by atoms with van der Waals surface area (Å²) < 4.78 is 0. The zero-order chi connectivity index (χ0) is 14.7. The van der Waals surface area contributed by atoms with Crippen molar-refractivity contribution in [3.8, 4) is 11.3 Å². The lowest BCUT2D eigenvalue weighted by molar-refractivity contribution is 1.09. The molecule has 0 saturated heterocycles. The molecule has 2 aromatic heterocycles. The third kappa shape index (κ3) is 3.08. The minimum atomic E-state index is 0.159. The van der Waals surface area contributed by atoms with Gasteiger partial charge in [-0.2, -0.15) is 15.1 Å². The number of H-pyrrole nitrogens is 1. The van der Waals surface area contributed by atoms with E-state index in [9.17, 15) is 0 Å². The molecule has 7 heteroatoms. The van der Waals surface area contributed by atoms with Gasteiger partial charge in [-0.3, -0.25) is 5.10 Å². The number of nitrogens with zero attached hydrogens (tertiary/aromatic N) is 3. The highest BCUT2D eigenvalue weighted by Gasteiger charge is 2.01. The first-order valence-electron chi connectivity index (χ1n) is 6.43. The number of benzene rings is 1. The van der Waals surface area contributed by atoms with Gasteiger partial charge in [0.05, 0.1) is 5.69 Å². The lowest BCUT2D eigenvalue weighted by atomic mass is 10.1. The molecule has 0 bridgehead atoms. The summed E-state index contributed by atoms with van der Waals surface area (Å²) >= 11 is 0. The first-order chi connectivity index (χ1) is 10.2. The standard InChI is InChI=1S/C14H15N7/c15-12-7-13(20-14(16)19-12)17-8-9-1-3-10(4-2-9)11-5-6-18-21-11/h1-7H,8H2,(H,18,21)(H5,15,16,17,19,20). The molecule has 0 fully saturated rings. The molecule has 21 heavy (non-hydrogen) atoms. The Morgan fingerprint density at radius 2 is 1.86 bits per heavy atom. The molecule has 7 nitrogen and oxygen atoms in total. The van der Waals surface area contributed by atoms with Crippen LogP contribution in [0.2, 0.25) is 0 Å². The summed E-state index contributed by atoms with van der Waals surface area (Å²) in [5.74, 6) is 1.12. The minimum absolute atomic E-state index is 0.159. The number of rotatable bonds is 4. The Kier molecular flexibility index (Phi) is 3.38. The van der Waals surface area contributed by atoms with Gasteiger partial charge in [-0.25, -0.2) is 0 Å². The summed E-state index contributed by atoms with van der Waals surface area (Å²) in [7, 11) is 0. The van der Waals surface area contributed by atoms with E-state index in [-0.39, 0.29) is 5.95 Å². The maximum Gasteiger partial charge on any atom is 0.223 e. The van der Waals surface area contributed by atoms with Crippen molar-refractivity contribution in [1.29, 1.82) is 0 Å². The van der Waals surface area contributed by atoms with Gasteiger partial charge in [0, 0.05) is 18.8 Å². The quantitative estimate of drug-likeness (QED) is 0.577. The van der Waals surface area contributed by atoms with Crippen molar-refractivity contribution in [2.24, 2.45) is 0 Å². The first-order valence-corrected chi connectivity index (χ1v) is 6.43. The van der Waals surface area contributed by atoms with Gasteiger partial charge in [0.1, 0.15) is 11.6 Å². The van der Waals surface area contributed by atoms with E-state index in [0.29, 0.717) is 18.2 Å². The van der Waals surface area contributed by atoms with Crippen LogP contribution in [0, 0.1) is 0 Å². The number of hydrogen-bond acceptors (Lipinski definition) is 6. The van der Waals surface area contributed by atoms with Crippen LogP contribution in [0.15, 0.2) is 42.6 Å². The van der Waals surface area contributed by atoms with Crippen molar-refractivity contribution in [2.45, 2.75) is 6.54 Å². The van der Waals surface area contributed by atoms with Crippen LogP contribution in [0.5, 0.6) is 0 Å². The molecular weight excluding hydrogens is 266 g/mol. The van der Waals surface area contributed by atoms with Crippen LogP contribution in [-0.4, -0.2) is 20.2 Å². The van der Waals surface area contributed by atoms with Gasteiger partial charge in [0.15, 0.2) is 0 Å². The molecule has 0 aliphatic heterocycles. The first kappa shape index (κ1) is 12.9. The van der Waals surface area contributed by atoms with E-state index in [1.165, 1.54) is 0 Å². The fraction of sp³-hybridized carbons (Fsp3) is 0.0714. The SMILES string of the molecule is Nc1cc(NCc2ccc(-c3ccn[nH]3)cc2)nc(N)n1. The Bertz CT molecular complexity index is 699. The second-order valence-corrected chi connectivity index (χ2v) is 4.56. The predicted octanol–water partition coefficient (Wildman–Crippen LogP) is 1.64. The fourth-order valence-electron chi connectivity index (χ4n) is 1.99. The highest BCUT2D eigenvalue weighted by Crippen LogP contribution is 2.17. The van der Waals surface area contributed by atoms with Crippen molar-refractivity contribution < 1.29 is 0 Å². The second-order valence-electron chi connectivity index (χ2n) is 4.56. The zero-order valence-electron chi connectivity index (χ0n) is 11.2. The fourth-order valence-corrected chi connectivity index (χ4v) is 1.99. The molecule has 0 amide bonds. The van der Waals surface area contributed by atoms with E-state index in [0.717, 1.165) is 16.8 Å². The Labute approximate surface area is 121 Å². The summed E-state index contributed by atoms with van der Waals surface area (Å²) in [5, 5.41) is 10.0. The molecular formula is C14H15N7. The van der Waals surface area contributed by atoms with Crippen molar-refractivity contribution in [3.63, 3.8) is 0 Å². The molecule has 0 saturated carbocycles. The predicted molar refractivity (Wildman–Crippen MR) is 82.2 cm³/mol. The lowest BCUT2D eigenvalue weighted by Crippen LogP contribution is -2.06. The normalized spacial score (nSPS) is 10.5. The van der Waals surface area contributed by atoms with Crippen molar-refractivity contribution >= 4 is 17.6 Å². The number of anilines is 3. The highest BCUT2D eigenvalue weighted by molar-refractivity contribution is 5.59. The lowest BCUT2D eigenvalue weighted by Gasteiger charge is -2.07. The number of aromatic amines is 1. The van der Waals surface area contributed by atoms with Gasteiger partial charge in [-0.05, 0) is 17.2 Å². The molecule has 0 radical (unpaired) electrons. The van der Waals surface area contributed by atoms with Gasteiger partial charge in [-0.15, -0.1) is 0 Å². The van der Waals surface area contributed by atoms with Crippen molar-refractivity contribution in [1.82, 2.24) is 20.2 Å². The molecule has 2 heterocycles. The Morgan fingerprint density at radius 3 is 2.52 bits per heavy atom. The molecule has 3 aromatic rings. The zero-order valence-corrected chi connectivity index (χ0v) is 11.2. The van der Waals surface area contributed by atoms with E-state index in [4.69, 9.17) is 11.5 Å². The van der Waals surface area contributed by atoms with Gasteiger partial charge >= 0.3 is 0 Å². The maximum atomic E-state index is 5.62. The smallest absolute Gasteiger partial charge is 0.223 e. The van der Waals surface area contributed by atoms with Crippen LogP contribution in [0.4, 0.5) is 17.6 Å². The molecule has 3 rings (SSSR count). The van der Waals surface area contributed by atoms with E-state index < -0.39 is 0 Å². The highest BCUT2D eigenvalue weighted by atomic mass is 15.1. The summed E-state index contributed by atoms with van der Waals surface area (Å²) in [5.41, 5.74) is 14.4. The van der Waals surface area contributed by atoms with Crippen molar-refractivity contribution in [3.05, 3.63) is 48.2 Å². The molecule has 0 aliphatic carbocycles. The summed E-state index contributed by atoms with van der Waals surface area (Å²) in [4.78, 5) is 7.89. The average molecular weight is 281 g/mol. The topological polar surface area (TPSA) is 119 Å². The van der Waals surface area contributed by atoms with Gasteiger partial charge in [0.2, 0.25) is 5.95 Å². The van der Waals surface area contributed by atoms with Crippen LogP contribution in [0.1, 0.15) is 5.56 Å². The van der Waals surface area contributed by atoms with Crippen LogP contribution >= 0.6 is 0 Å². The third-order valence-corrected chi connectivity index (χ3v) is 3.00. The number of aromatic nitrogens is 4. The molecule has 1 aromatic carbocycles. The monoisotopic (exact) mass is 281 g/mol. The average Bonchev–Trinajstić information content (AvgIpc) is 2.99. The van der Waals surface area contributed by atoms with Gasteiger partial charge in [0.25, 0.3) is 0 Å². The van der Waals surface area contributed by atoms with Crippen LogP contribution in [0.3, 0.4) is 0 Å². The largest absolute Gasteiger partial charge is 0.383 e. The van der Waals surface area contributed by atoms with E-state index in [1.54, 1.807) is 12.3 Å². The Hall–Kier alpha value is -3.09. The van der Waals surface area contributed by atoms with Crippen molar-refractivity contribution in [2.75, 3.05) is 16.8 Å². The molecule has 0 atom stereocenters. The minimum Gasteiger partial charge on any atom is -0.383 e. The summed E-state index contributed by atoms with van der Waals surface area (Å²) in [6, 6.07) is 11.7. The second kappa shape index (κ2) is 5.49. The summed E-state index contributed by atoms with van der Waals surface area (Å²) in [6.07, 6.45) is 1.73. The number of hydrogen-bond donors (Lipinski definition) is 4. The molecule has 0 spiro atoms. The van der Waals surface area contributed by atoms with Gasteiger partial charge < -0.3 is 16.8 Å². The maximum absolute atomic E-state index is 5.62. The van der Waals surface area contributed by atoms with Crippen LogP contribution < -0.4 is 16.8 Å². The number of nitrogens with one attached hydrogen (secondary N) is 2. The summed E-state index contributed by atoms with van der Waals surface area (Å²) in [6.45, 7) is 0.624. The van der Waals surface area contributed by atoms with E-state index >= 15 is 0 Å². The Morgan fingerprint density at radius 1 is 1.05 bits per heavy atom. The van der Waals surface area contributed by atoms with Gasteiger partial charge in [-0.1, -0.05) is 24.3 Å². The molecule has 0 unspecified atom stereocenters. The molecule has 0 aliphatic rings. The molecule has 6 N–H and O–H groups in total. The van der Waals surface area contributed by atoms with E-state index in [1.807, 2.05) is 30.3 Å². The number of nitrogen functional groups attached to an aromatic ring is 2. The Balaban J connectivity index is 1.68. The number of nitrogens with two attached hydrogens (primary N) is 2. The van der Waals surface area contributed by atoms with Crippen LogP contribution in [0.25, 0.3) is 11.3 Å². The third-order valence-electron chi connectivity index (χ3n) is 3.00.